The van der Waals surface area contributed by atoms with Gasteiger partial charge in [-0.3, -0.25) is 9.89 Å². The Balaban J connectivity index is 2.78. The lowest BCUT2D eigenvalue weighted by atomic mass is 10.0. The number of nitrogens with zero attached hydrogens (tertiary/aromatic N) is 1. The number of H-pyrrole nitrogens is 1. The molecule has 0 saturated heterocycles. The summed E-state index contributed by atoms with van der Waals surface area (Å²) in [5, 5.41) is 9.06. The van der Waals surface area contributed by atoms with E-state index in [2.05, 4.69) is 20.3 Å². The third-order valence-electron chi connectivity index (χ3n) is 2.48. The molecule has 0 aliphatic heterocycles. The van der Waals surface area contributed by atoms with Crippen molar-refractivity contribution in [2.45, 2.75) is 26.8 Å². The van der Waals surface area contributed by atoms with Gasteiger partial charge in [-0.05, 0) is 12.8 Å². The van der Waals surface area contributed by atoms with Crippen LogP contribution in [0.15, 0.2) is 6.20 Å². The molecule has 0 bridgehead atoms. The predicted molar refractivity (Wildman–Crippen MR) is 61.4 cm³/mol. The van der Waals surface area contributed by atoms with E-state index in [1.807, 2.05) is 13.8 Å². The molecule has 1 atom stereocenters. The average molecular weight is 239 g/mol. The van der Waals surface area contributed by atoms with Gasteiger partial charge in [-0.15, -0.1) is 0 Å². The zero-order chi connectivity index (χ0) is 13.0. The van der Waals surface area contributed by atoms with Crippen molar-refractivity contribution in [1.29, 1.82) is 0 Å². The maximum Gasteiger partial charge on any atom is 0.328 e. The van der Waals surface area contributed by atoms with Crippen LogP contribution in [-0.4, -0.2) is 35.2 Å². The summed E-state index contributed by atoms with van der Waals surface area (Å²) >= 11 is 0. The fraction of sp³-hybridized carbons (Fsp3) is 0.545. The van der Waals surface area contributed by atoms with Crippen molar-refractivity contribution in [3.63, 3.8) is 0 Å². The first kappa shape index (κ1) is 13.2. The SMILES string of the molecule is COC(=O)C(NC(=O)c1cn[nH]c1C)C(C)C. The molecule has 0 aliphatic carbocycles. The summed E-state index contributed by atoms with van der Waals surface area (Å²) in [5.74, 6) is -0.826. The second kappa shape index (κ2) is 5.47. The van der Waals surface area contributed by atoms with Crippen LogP contribution in [0.2, 0.25) is 0 Å². The molecule has 17 heavy (non-hydrogen) atoms. The van der Waals surface area contributed by atoms with Crippen LogP contribution in [0.5, 0.6) is 0 Å². The summed E-state index contributed by atoms with van der Waals surface area (Å²) < 4.78 is 4.65. The number of carbonyl (C=O) groups excluding carboxylic acids is 2. The lowest BCUT2D eigenvalue weighted by molar-refractivity contribution is -0.144. The first-order valence-corrected chi connectivity index (χ1v) is 5.36. The molecule has 6 heteroatoms. The van der Waals surface area contributed by atoms with Gasteiger partial charge in [0.2, 0.25) is 0 Å². The number of esters is 1. The number of aromatic nitrogens is 2. The van der Waals surface area contributed by atoms with Gasteiger partial charge in [-0.1, -0.05) is 13.8 Å². The molecular weight excluding hydrogens is 222 g/mol. The van der Waals surface area contributed by atoms with Gasteiger partial charge < -0.3 is 10.1 Å². The molecule has 1 rings (SSSR count). The van der Waals surface area contributed by atoms with Gasteiger partial charge in [0.15, 0.2) is 0 Å². The van der Waals surface area contributed by atoms with Crippen LogP contribution in [0.1, 0.15) is 29.9 Å². The average Bonchev–Trinajstić information content (AvgIpc) is 2.70. The quantitative estimate of drug-likeness (QED) is 0.755. The van der Waals surface area contributed by atoms with E-state index in [1.54, 1.807) is 6.92 Å². The Bertz CT molecular complexity index is 412. The topological polar surface area (TPSA) is 84.1 Å². The van der Waals surface area contributed by atoms with Crippen molar-refractivity contribution in [2.24, 2.45) is 5.92 Å². The van der Waals surface area contributed by atoms with Crippen molar-refractivity contribution < 1.29 is 14.3 Å². The lowest BCUT2D eigenvalue weighted by Crippen LogP contribution is -2.45. The Morgan fingerprint density at radius 2 is 2.12 bits per heavy atom. The van der Waals surface area contributed by atoms with Crippen LogP contribution in [0.25, 0.3) is 0 Å². The Morgan fingerprint density at radius 3 is 2.53 bits per heavy atom. The number of carbonyl (C=O) groups is 2. The summed E-state index contributed by atoms with van der Waals surface area (Å²) in [7, 11) is 1.30. The molecule has 1 aromatic heterocycles. The highest BCUT2D eigenvalue weighted by Crippen LogP contribution is 2.07. The molecule has 0 aromatic carbocycles. The molecule has 1 unspecified atom stereocenters. The second-order valence-electron chi connectivity index (χ2n) is 4.13. The maximum absolute atomic E-state index is 11.9. The van der Waals surface area contributed by atoms with Gasteiger partial charge in [0.1, 0.15) is 6.04 Å². The summed E-state index contributed by atoms with van der Waals surface area (Å²) in [4.78, 5) is 23.4. The molecule has 1 aromatic rings. The third kappa shape index (κ3) is 3.05. The second-order valence-corrected chi connectivity index (χ2v) is 4.13. The monoisotopic (exact) mass is 239 g/mol. The zero-order valence-electron chi connectivity index (χ0n) is 10.4. The minimum absolute atomic E-state index is 0.0430. The first-order chi connectivity index (χ1) is 7.97. The Labute approximate surface area is 99.7 Å². The van der Waals surface area contributed by atoms with Gasteiger partial charge in [-0.25, -0.2) is 4.79 Å². The largest absolute Gasteiger partial charge is 0.467 e. The van der Waals surface area contributed by atoms with Crippen LogP contribution >= 0.6 is 0 Å². The number of aryl methyl sites for hydroxylation is 1. The van der Waals surface area contributed by atoms with Crippen molar-refractivity contribution in [1.82, 2.24) is 15.5 Å². The molecule has 6 nitrogen and oxygen atoms in total. The number of rotatable bonds is 4. The summed E-state index contributed by atoms with van der Waals surface area (Å²) in [6.07, 6.45) is 1.43. The third-order valence-corrected chi connectivity index (χ3v) is 2.48. The smallest absolute Gasteiger partial charge is 0.328 e. The normalized spacial score (nSPS) is 12.3. The van der Waals surface area contributed by atoms with E-state index in [1.165, 1.54) is 13.3 Å². The standard InChI is InChI=1S/C11H17N3O3/c1-6(2)9(11(16)17-4)13-10(15)8-5-12-14-7(8)3/h5-6,9H,1-4H3,(H,12,14)(H,13,15). The molecule has 0 radical (unpaired) electrons. The number of ether oxygens (including phenoxy) is 1. The molecular formula is C11H17N3O3. The summed E-state index contributed by atoms with van der Waals surface area (Å²) in [5.41, 5.74) is 1.09. The lowest BCUT2D eigenvalue weighted by Gasteiger charge is -2.19. The van der Waals surface area contributed by atoms with Gasteiger partial charge in [0.05, 0.1) is 18.9 Å². The fourth-order valence-electron chi connectivity index (χ4n) is 1.42. The van der Waals surface area contributed by atoms with Gasteiger partial charge >= 0.3 is 5.97 Å². The molecule has 0 aliphatic rings. The Morgan fingerprint density at radius 1 is 1.47 bits per heavy atom. The van der Waals surface area contributed by atoms with Crippen molar-refractivity contribution in [2.75, 3.05) is 7.11 Å². The highest BCUT2D eigenvalue weighted by Gasteiger charge is 2.26. The summed E-state index contributed by atoms with van der Waals surface area (Å²) in [6.45, 7) is 5.42. The maximum atomic E-state index is 11.9. The number of aromatic amines is 1. The van der Waals surface area contributed by atoms with E-state index in [4.69, 9.17) is 0 Å². The van der Waals surface area contributed by atoms with Gasteiger partial charge in [0.25, 0.3) is 5.91 Å². The van der Waals surface area contributed by atoms with E-state index < -0.39 is 12.0 Å². The Hall–Kier alpha value is -1.85. The predicted octanol–water partition coefficient (Wildman–Crippen LogP) is 0.646. The van der Waals surface area contributed by atoms with Crippen LogP contribution < -0.4 is 5.32 Å². The van der Waals surface area contributed by atoms with Gasteiger partial charge in [-0.2, -0.15) is 5.10 Å². The van der Waals surface area contributed by atoms with Crippen molar-refractivity contribution in [3.05, 3.63) is 17.5 Å². The van der Waals surface area contributed by atoms with E-state index in [0.717, 1.165) is 0 Å². The fourth-order valence-corrected chi connectivity index (χ4v) is 1.42. The van der Waals surface area contributed by atoms with E-state index in [0.29, 0.717) is 11.3 Å². The molecule has 0 fully saturated rings. The molecule has 0 spiro atoms. The summed E-state index contributed by atoms with van der Waals surface area (Å²) in [6, 6.07) is -0.651. The minimum Gasteiger partial charge on any atom is -0.467 e. The number of hydrogen-bond acceptors (Lipinski definition) is 4. The van der Waals surface area contributed by atoms with Crippen molar-refractivity contribution in [3.8, 4) is 0 Å². The van der Waals surface area contributed by atoms with E-state index >= 15 is 0 Å². The highest BCUT2D eigenvalue weighted by atomic mass is 16.5. The number of methoxy groups -OCH3 is 1. The number of nitrogens with one attached hydrogen (secondary N) is 2. The molecule has 0 saturated carbocycles. The molecule has 2 N–H and O–H groups in total. The van der Waals surface area contributed by atoms with Crippen LogP contribution in [0, 0.1) is 12.8 Å². The van der Waals surface area contributed by atoms with E-state index in [-0.39, 0.29) is 11.8 Å². The first-order valence-electron chi connectivity index (χ1n) is 5.36. The number of amides is 1. The minimum atomic E-state index is -0.651. The Kier molecular flexibility index (Phi) is 4.25. The van der Waals surface area contributed by atoms with Crippen LogP contribution in [0.3, 0.4) is 0 Å². The van der Waals surface area contributed by atoms with E-state index in [9.17, 15) is 9.59 Å². The molecule has 1 heterocycles. The van der Waals surface area contributed by atoms with Crippen LogP contribution in [-0.2, 0) is 9.53 Å². The molecule has 1 amide bonds. The van der Waals surface area contributed by atoms with Gasteiger partial charge in [0, 0.05) is 5.69 Å². The number of hydrogen-bond donors (Lipinski definition) is 2. The van der Waals surface area contributed by atoms with Crippen LogP contribution in [0.4, 0.5) is 0 Å². The highest BCUT2D eigenvalue weighted by molar-refractivity contribution is 5.97. The molecule has 94 valence electrons. The zero-order valence-corrected chi connectivity index (χ0v) is 10.4. The van der Waals surface area contributed by atoms with Crippen molar-refractivity contribution >= 4 is 11.9 Å².